The van der Waals surface area contributed by atoms with Crippen molar-refractivity contribution in [2.24, 2.45) is 0 Å². The molecule has 0 heterocycles. The lowest BCUT2D eigenvalue weighted by atomic mass is 10.0. The maximum absolute atomic E-state index is 11.5. The van der Waals surface area contributed by atoms with Crippen LogP contribution in [0.2, 0.25) is 0 Å². The number of aliphatic carboxylic acids is 1. The van der Waals surface area contributed by atoms with Gasteiger partial charge in [-0.15, -0.1) is 0 Å². The van der Waals surface area contributed by atoms with Crippen LogP contribution in [0.1, 0.15) is 76.7 Å². The second-order valence-electron chi connectivity index (χ2n) is 6.79. The molecule has 0 radical (unpaired) electrons. The number of nitrogens with one attached hydrogen (secondary N) is 1. The number of aryl methyl sites for hydroxylation is 1. The molecule has 1 rings (SSSR count). The van der Waals surface area contributed by atoms with E-state index in [-0.39, 0.29) is 0 Å². The highest BCUT2D eigenvalue weighted by molar-refractivity contribution is 6.02. The van der Waals surface area contributed by atoms with Gasteiger partial charge < -0.3 is 10.4 Å². The Hall–Kier alpha value is -2.10. The first kappa shape index (κ1) is 21.9. The van der Waals surface area contributed by atoms with Gasteiger partial charge in [0.2, 0.25) is 5.91 Å². The van der Waals surface area contributed by atoms with E-state index in [1.54, 1.807) is 0 Å². The van der Waals surface area contributed by atoms with Crippen LogP contribution in [-0.2, 0) is 16.0 Å². The number of hydrogen-bond donors (Lipinski definition) is 2. The van der Waals surface area contributed by atoms with Gasteiger partial charge in [0.15, 0.2) is 0 Å². The molecule has 26 heavy (non-hydrogen) atoms. The molecule has 0 aliphatic rings. The SMILES string of the molecule is CCCCCCCCCCCCc1ccc(NC(=O)C=CC(=O)O)cc1. The number of hydrogen-bond acceptors (Lipinski definition) is 2. The van der Waals surface area contributed by atoms with Crippen LogP contribution < -0.4 is 5.32 Å². The molecule has 0 aromatic heterocycles. The lowest BCUT2D eigenvalue weighted by Gasteiger charge is -2.05. The van der Waals surface area contributed by atoms with Gasteiger partial charge in [0.05, 0.1) is 0 Å². The topological polar surface area (TPSA) is 66.4 Å². The number of carboxylic acids is 1. The number of carbonyl (C=O) groups excluding carboxylic acids is 1. The summed E-state index contributed by atoms with van der Waals surface area (Å²) in [4.78, 5) is 21.9. The van der Waals surface area contributed by atoms with Crippen LogP contribution in [0, 0.1) is 0 Å². The number of amides is 1. The molecular weight excluding hydrogens is 326 g/mol. The second kappa shape index (κ2) is 14.1. The quantitative estimate of drug-likeness (QED) is 0.329. The molecule has 0 bridgehead atoms. The molecule has 0 atom stereocenters. The Morgan fingerprint density at radius 3 is 1.92 bits per heavy atom. The molecule has 0 saturated heterocycles. The van der Waals surface area contributed by atoms with Gasteiger partial charge in [-0.2, -0.15) is 0 Å². The molecule has 1 amide bonds. The first-order valence-electron chi connectivity index (χ1n) is 9.92. The van der Waals surface area contributed by atoms with E-state index in [1.807, 2.05) is 24.3 Å². The van der Waals surface area contributed by atoms with E-state index in [9.17, 15) is 9.59 Å². The van der Waals surface area contributed by atoms with Crippen LogP contribution in [0.5, 0.6) is 0 Å². The highest BCUT2D eigenvalue weighted by Crippen LogP contribution is 2.14. The smallest absolute Gasteiger partial charge is 0.328 e. The zero-order chi connectivity index (χ0) is 19.0. The van der Waals surface area contributed by atoms with Crippen LogP contribution in [0.25, 0.3) is 0 Å². The number of rotatable bonds is 14. The fourth-order valence-corrected chi connectivity index (χ4v) is 2.90. The van der Waals surface area contributed by atoms with Gasteiger partial charge in [-0.25, -0.2) is 4.79 Å². The van der Waals surface area contributed by atoms with E-state index in [1.165, 1.54) is 69.8 Å². The number of unbranched alkanes of at least 4 members (excludes halogenated alkanes) is 9. The predicted molar refractivity (Wildman–Crippen MR) is 107 cm³/mol. The third kappa shape index (κ3) is 11.5. The van der Waals surface area contributed by atoms with Crippen LogP contribution >= 0.6 is 0 Å². The molecule has 1 aromatic carbocycles. The van der Waals surface area contributed by atoms with Crippen molar-refractivity contribution in [3.63, 3.8) is 0 Å². The van der Waals surface area contributed by atoms with E-state index in [0.29, 0.717) is 5.69 Å². The fraction of sp³-hybridized carbons (Fsp3) is 0.545. The number of carbonyl (C=O) groups is 2. The summed E-state index contributed by atoms with van der Waals surface area (Å²) in [7, 11) is 0. The lowest BCUT2D eigenvalue weighted by molar-refractivity contribution is -0.131. The summed E-state index contributed by atoms with van der Waals surface area (Å²) in [6.45, 7) is 2.25. The van der Waals surface area contributed by atoms with Crippen molar-refractivity contribution in [3.05, 3.63) is 42.0 Å². The fourth-order valence-electron chi connectivity index (χ4n) is 2.90. The zero-order valence-corrected chi connectivity index (χ0v) is 16.0. The molecule has 0 aliphatic carbocycles. The van der Waals surface area contributed by atoms with Gasteiger partial charge >= 0.3 is 5.97 Å². The maximum atomic E-state index is 11.5. The minimum Gasteiger partial charge on any atom is -0.478 e. The summed E-state index contributed by atoms with van der Waals surface area (Å²) >= 11 is 0. The van der Waals surface area contributed by atoms with Crippen molar-refractivity contribution in [2.45, 2.75) is 77.6 Å². The summed E-state index contributed by atoms with van der Waals surface area (Å²) < 4.78 is 0. The van der Waals surface area contributed by atoms with Crippen molar-refractivity contribution in [1.82, 2.24) is 0 Å². The average molecular weight is 360 g/mol. The van der Waals surface area contributed by atoms with E-state index in [0.717, 1.165) is 18.6 Å². The molecule has 0 spiro atoms. The molecule has 0 aliphatic heterocycles. The van der Waals surface area contributed by atoms with Crippen molar-refractivity contribution in [3.8, 4) is 0 Å². The first-order chi connectivity index (χ1) is 12.6. The Morgan fingerprint density at radius 2 is 1.38 bits per heavy atom. The van der Waals surface area contributed by atoms with E-state index in [4.69, 9.17) is 5.11 Å². The van der Waals surface area contributed by atoms with Gasteiger partial charge in [-0.05, 0) is 30.5 Å². The van der Waals surface area contributed by atoms with E-state index >= 15 is 0 Å². The molecule has 2 N–H and O–H groups in total. The monoisotopic (exact) mass is 359 g/mol. The summed E-state index contributed by atoms with van der Waals surface area (Å²) in [5.74, 6) is -1.57. The highest BCUT2D eigenvalue weighted by Gasteiger charge is 2.00. The molecule has 0 saturated carbocycles. The van der Waals surface area contributed by atoms with Gasteiger partial charge in [-0.3, -0.25) is 4.79 Å². The number of carboxylic acid groups (broad SMARTS) is 1. The highest BCUT2D eigenvalue weighted by atomic mass is 16.4. The van der Waals surface area contributed by atoms with Crippen molar-refractivity contribution < 1.29 is 14.7 Å². The van der Waals surface area contributed by atoms with Crippen LogP contribution in [0.3, 0.4) is 0 Å². The Morgan fingerprint density at radius 1 is 0.846 bits per heavy atom. The Balaban J connectivity index is 2.11. The summed E-state index contributed by atoms with van der Waals surface area (Å²) in [6, 6.07) is 7.75. The Bertz CT molecular complexity index is 549. The Kier molecular flexibility index (Phi) is 11.9. The molecule has 144 valence electrons. The van der Waals surface area contributed by atoms with Crippen molar-refractivity contribution >= 4 is 17.6 Å². The predicted octanol–water partition coefficient (Wildman–Crippen LogP) is 5.73. The summed E-state index contributed by atoms with van der Waals surface area (Å²) in [5, 5.41) is 11.1. The minimum absolute atomic E-state index is 0.435. The summed E-state index contributed by atoms with van der Waals surface area (Å²) in [5.41, 5.74) is 1.94. The average Bonchev–Trinajstić information content (AvgIpc) is 2.63. The van der Waals surface area contributed by atoms with Crippen molar-refractivity contribution in [2.75, 3.05) is 5.32 Å². The van der Waals surface area contributed by atoms with Gasteiger partial charge in [0.25, 0.3) is 0 Å². The van der Waals surface area contributed by atoms with Crippen LogP contribution in [0.4, 0.5) is 5.69 Å². The van der Waals surface area contributed by atoms with Crippen LogP contribution in [0.15, 0.2) is 36.4 Å². The molecule has 0 unspecified atom stereocenters. The summed E-state index contributed by atoms with van der Waals surface area (Å²) in [6.07, 6.45) is 16.3. The van der Waals surface area contributed by atoms with Crippen molar-refractivity contribution in [1.29, 1.82) is 0 Å². The van der Waals surface area contributed by atoms with E-state index in [2.05, 4.69) is 12.2 Å². The van der Waals surface area contributed by atoms with Gasteiger partial charge in [-0.1, -0.05) is 76.8 Å². The Labute approximate surface area is 157 Å². The van der Waals surface area contributed by atoms with Gasteiger partial charge in [0.1, 0.15) is 0 Å². The maximum Gasteiger partial charge on any atom is 0.328 e. The largest absolute Gasteiger partial charge is 0.478 e. The molecule has 0 fully saturated rings. The molecular formula is C22H33NO3. The molecule has 4 heteroatoms. The minimum atomic E-state index is -1.13. The number of benzene rings is 1. The lowest BCUT2D eigenvalue weighted by Crippen LogP contribution is -2.08. The second-order valence-corrected chi connectivity index (χ2v) is 6.79. The number of anilines is 1. The first-order valence-corrected chi connectivity index (χ1v) is 9.92. The van der Waals surface area contributed by atoms with Crippen LogP contribution in [-0.4, -0.2) is 17.0 Å². The molecule has 1 aromatic rings. The standard InChI is InChI=1S/C22H33NO3/c1-2-3-4-5-6-7-8-9-10-11-12-19-13-15-20(16-14-19)23-21(24)17-18-22(25)26/h13-18H,2-12H2,1H3,(H,23,24)(H,25,26). The molecule has 4 nitrogen and oxygen atoms in total. The zero-order valence-electron chi connectivity index (χ0n) is 16.0. The van der Waals surface area contributed by atoms with E-state index < -0.39 is 11.9 Å². The third-order valence-corrected chi connectivity index (χ3v) is 4.42. The van der Waals surface area contributed by atoms with Gasteiger partial charge in [0, 0.05) is 17.8 Å². The third-order valence-electron chi connectivity index (χ3n) is 4.42. The normalized spacial score (nSPS) is 11.0.